The molecule has 0 radical (unpaired) electrons. The standard InChI is InChI=1S/C22H45N5/c1-19(2)27-11-6-22(18-27)16-20(3)25-10-5-9-24(14-15-25)17-21(4)26-12-7-23-8-13-26/h19-23H,5-18H2,1-4H3/t20-,21-,22?/m1/s1. The molecule has 3 heterocycles. The van der Waals surface area contributed by atoms with Crippen LogP contribution < -0.4 is 5.32 Å². The summed E-state index contributed by atoms with van der Waals surface area (Å²) in [5, 5.41) is 3.47. The van der Waals surface area contributed by atoms with Crippen molar-refractivity contribution in [3.05, 3.63) is 0 Å². The number of nitrogens with one attached hydrogen (secondary N) is 1. The topological polar surface area (TPSA) is 25.0 Å². The summed E-state index contributed by atoms with van der Waals surface area (Å²) < 4.78 is 0. The normalized spacial score (nSPS) is 29.9. The van der Waals surface area contributed by atoms with E-state index in [1.54, 1.807) is 0 Å². The maximum atomic E-state index is 3.47. The van der Waals surface area contributed by atoms with E-state index in [1.807, 2.05) is 0 Å². The number of rotatable bonds is 7. The first-order valence-electron chi connectivity index (χ1n) is 11.7. The van der Waals surface area contributed by atoms with Gasteiger partial charge in [0.2, 0.25) is 0 Å². The molecule has 1 unspecified atom stereocenters. The summed E-state index contributed by atoms with van der Waals surface area (Å²) in [6.45, 7) is 23.3. The average Bonchev–Trinajstić information content (AvgIpc) is 3.01. The molecule has 0 aromatic rings. The molecule has 0 spiro atoms. The third-order valence-electron chi connectivity index (χ3n) is 7.27. The Morgan fingerprint density at radius 3 is 2.22 bits per heavy atom. The maximum Gasteiger partial charge on any atom is 0.0195 e. The van der Waals surface area contributed by atoms with Gasteiger partial charge in [-0.3, -0.25) is 9.80 Å². The number of hydrogen-bond donors (Lipinski definition) is 1. The van der Waals surface area contributed by atoms with E-state index in [4.69, 9.17) is 0 Å². The smallest absolute Gasteiger partial charge is 0.0195 e. The molecule has 3 atom stereocenters. The van der Waals surface area contributed by atoms with Crippen molar-refractivity contribution in [2.45, 2.75) is 65.1 Å². The summed E-state index contributed by atoms with van der Waals surface area (Å²) in [5.74, 6) is 0.912. The molecule has 5 heteroatoms. The van der Waals surface area contributed by atoms with Crippen molar-refractivity contribution in [3.8, 4) is 0 Å². The zero-order valence-corrected chi connectivity index (χ0v) is 18.5. The minimum atomic E-state index is 0.691. The second-order valence-corrected chi connectivity index (χ2v) is 9.65. The molecule has 0 amide bonds. The lowest BCUT2D eigenvalue weighted by molar-refractivity contribution is 0.132. The van der Waals surface area contributed by atoms with Crippen LogP contribution in [0.2, 0.25) is 0 Å². The predicted molar refractivity (Wildman–Crippen MR) is 115 cm³/mol. The highest BCUT2D eigenvalue weighted by atomic mass is 15.3. The lowest BCUT2D eigenvalue weighted by atomic mass is 9.99. The monoisotopic (exact) mass is 379 g/mol. The zero-order valence-electron chi connectivity index (χ0n) is 18.5. The fraction of sp³-hybridized carbons (Fsp3) is 1.00. The van der Waals surface area contributed by atoms with Crippen molar-refractivity contribution in [2.24, 2.45) is 5.92 Å². The Bertz CT molecular complexity index is 423. The molecular weight excluding hydrogens is 334 g/mol. The Morgan fingerprint density at radius 2 is 1.52 bits per heavy atom. The van der Waals surface area contributed by atoms with Gasteiger partial charge in [-0.2, -0.15) is 0 Å². The van der Waals surface area contributed by atoms with Crippen molar-refractivity contribution in [1.82, 2.24) is 24.9 Å². The van der Waals surface area contributed by atoms with Crippen LogP contribution in [0, 0.1) is 5.92 Å². The minimum absolute atomic E-state index is 0.691. The Morgan fingerprint density at radius 1 is 0.778 bits per heavy atom. The van der Waals surface area contributed by atoms with Gasteiger partial charge in [-0.1, -0.05) is 0 Å². The van der Waals surface area contributed by atoms with Crippen LogP contribution in [0.3, 0.4) is 0 Å². The minimum Gasteiger partial charge on any atom is -0.314 e. The lowest BCUT2D eigenvalue weighted by Crippen LogP contribution is -2.51. The highest BCUT2D eigenvalue weighted by Crippen LogP contribution is 2.25. The van der Waals surface area contributed by atoms with E-state index in [0.29, 0.717) is 6.04 Å². The molecule has 3 fully saturated rings. The quantitative estimate of drug-likeness (QED) is 0.727. The van der Waals surface area contributed by atoms with E-state index >= 15 is 0 Å². The molecular formula is C22H45N5. The Balaban J connectivity index is 1.39. The molecule has 3 aliphatic rings. The van der Waals surface area contributed by atoms with Crippen molar-refractivity contribution >= 4 is 0 Å². The second kappa shape index (κ2) is 10.5. The average molecular weight is 380 g/mol. The number of nitrogens with zero attached hydrogens (tertiary/aromatic N) is 4. The Labute approximate surface area is 168 Å². The summed E-state index contributed by atoms with van der Waals surface area (Å²) >= 11 is 0. The maximum absolute atomic E-state index is 3.47. The van der Waals surface area contributed by atoms with Crippen LogP contribution in [0.15, 0.2) is 0 Å². The van der Waals surface area contributed by atoms with E-state index in [0.717, 1.165) is 31.1 Å². The molecule has 3 rings (SSSR count). The fourth-order valence-corrected chi connectivity index (χ4v) is 5.38. The molecule has 0 aliphatic carbocycles. The third-order valence-corrected chi connectivity index (χ3v) is 7.27. The van der Waals surface area contributed by atoms with Crippen molar-refractivity contribution in [3.63, 3.8) is 0 Å². The van der Waals surface area contributed by atoms with Crippen LogP contribution in [0.25, 0.3) is 0 Å². The first-order valence-corrected chi connectivity index (χ1v) is 11.7. The zero-order chi connectivity index (χ0) is 19.2. The molecule has 0 aromatic carbocycles. The van der Waals surface area contributed by atoms with Crippen LogP contribution in [-0.2, 0) is 0 Å². The lowest BCUT2D eigenvalue weighted by Gasteiger charge is -2.35. The van der Waals surface area contributed by atoms with Gasteiger partial charge in [0.05, 0.1) is 0 Å². The highest BCUT2D eigenvalue weighted by molar-refractivity contribution is 4.84. The van der Waals surface area contributed by atoms with Gasteiger partial charge >= 0.3 is 0 Å². The Kier molecular flexibility index (Phi) is 8.40. The number of likely N-dealkylation sites (tertiary alicyclic amines) is 1. The number of piperazine rings is 1. The summed E-state index contributed by atoms with van der Waals surface area (Å²) in [7, 11) is 0. The molecule has 0 aromatic heterocycles. The SMILES string of the molecule is CC(C)N1CCC(C[C@@H](C)N2CCCN(C[C@@H](C)N3CCNCC3)CC2)C1. The van der Waals surface area contributed by atoms with Gasteiger partial charge in [-0.05, 0) is 72.5 Å². The second-order valence-electron chi connectivity index (χ2n) is 9.65. The summed E-state index contributed by atoms with van der Waals surface area (Å²) in [6.07, 6.45) is 4.13. The fourth-order valence-electron chi connectivity index (χ4n) is 5.38. The van der Waals surface area contributed by atoms with Gasteiger partial charge in [0, 0.05) is 70.5 Å². The van der Waals surface area contributed by atoms with E-state index in [9.17, 15) is 0 Å². The molecule has 0 saturated carbocycles. The van der Waals surface area contributed by atoms with E-state index in [1.165, 1.54) is 78.2 Å². The molecule has 158 valence electrons. The summed E-state index contributed by atoms with van der Waals surface area (Å²) in [5.41, 5.74) is 0. The first-order chi connectivity index (χ1) is 13.0. The van der Waals surface area contributed by atoms with Gasteiger partial charge in [0.25, 0.3) is 0 Å². The Hall–Kier alpha value is -0.200. The molecule has 3 aliphatic heterocycles. The highest BCUT2D eigenvalue weighted by Gasteiger charge is 2.28. The van der Waals surface area contributed by atoms with E-state index in [2.05, 4.69) is 52.6 Å². The largest absolute Gasteiger partial charge is 0.314 e. The summed E-state index contributed by atoms with van der Waals surface area (Å²) in [6, 6.07) is 2.15. The third kappa shape index (κ3) is 6.40. The van der Waals surface area contributed by atoms with Gasteiger partial charge in [-0.15, -0.1) is 0 Å². The van der Waals surface area contributed by atoms with Gasteiger partial charge < -0.3 is 15.1 Å². The molecule has 1 N–H and O–H groups in total. The first kappa shape index (κ1) is 21.5. The van der Waals surface area contributed by atoms with Gasteiger partial charge in [0.1, 0.15) is 0 Å². The van der Waals surface area contributed by atoms with E-state index < -0.39 is 0 Å². The van der Waals surface area contributed by atoms with Crippen LogP contribution in [0.5, 0.6) is 0 Å². The predicted octanol–water partition coefficient (Wildman–Crippen LogP) is 1.80. The van der Waals surface area contributed by atoms with Crippen molar-refractivity contribution in [1.29, 1.82) is 0 Å². The van der Waals surface area contributed by atoms with Crippen LogP contribution >= 0.6 is 0 Å². The van der Waals surface area contributed by atoms with Crippen molar-refractivity contribution in [2.75, 3.05) is 72.0 Å². The van der Waals surface area contributed by atoms with Crippen LogP contribution in [0.1, 0.15) is 47.0 Å². The van der Waals surface area contributed by atoms with Crippen molar-refractivity contribution < 1.29 is 0 Å². The number of hydrogen-bond acceptors (Lipinski definition) is 5. The van der Waals surface area contributed by atoms with E-state index in [-0.39, 0.29) is 0 Å². The molecule has 0 bridgehead atoms. The summed E-state index contributed by atoms with van der Waals surface area (Å²) in [4.78, 5) is 10.9. The molecule has 27 heavy (non-hydrogen) atoms. The molecule has 5 nitrogen and oxygen atoms in total. The van der Waals surface area contributed by atoms with Crippen LogP contribution in [-0.4, -0.2) is 110 Å². The van der Waals surface area contributed by atoms with Gasteiger partial charge in [-0.25, -0.2) is 0 Å². The van der Waals surface area contributed by atoms with Gasteiger partial charge in [0.15, 0.2) is 0 Å². The van der Waals surface area contributed by atoms with Crippen LogP contribution in [0.4, 0.5) is 0 Å². The molecule has 3 saturated heterocycles.